The fourth-order valence-corrected chi connectivity index (χ4v) is 3.21. The molecule has 1 heterocycles. The molecule has 0 saturated carbocycles. The lowest BCUT2D eigenvalue weighted by molar-refractivity contribution is -0.165. The number of hydrogen-bond acceptors (Lipinski definition) is 3. The van der Waals surface area contributed by atoms with Crippen LogP contribution in [0.4, 0.5) is 5.69 Å². The zero-order chi connectivity index (χ0) is 17.1. The number of aryl methyl sites for hydroxylation is 1. The van der Waals surface area contributed by atoms with Gasteiger partial charge in [0.15, 0.2) is 0 Å². The molecule has 0 atom stereocenters. The SMILES string of the molecule is CC(=O)N(O)Cc1ccc2c(c1)CCCN2Cc1ccc(Cl)cc1. The van der Waals surface area contributed by atoms with Gasteiger partial charge in [0.05, 0.1) is 6.54 Å². The highest BCUT2D eigenvalue weighted by molar-refractivity contribution is 6.30. The van der Waals surface area contributed by atoms with Gasteiger partial charge in [-0.15, -0.1) is 0 Å². The van der Waals surface area contributed by atoms with Crippen LogP contribution in [-0.4, -0.2) is 22.7 Å². The van der Waals surface area contributed by atoms with Crippen LogP contribution in [0.25, 0.3) is 0 Å². The normalized spacial score (nSPS) is 13.5. The summed E-state index contributed by atoms with van der Waals surface area (Å²) in [7, 11) is 0. The first-order chi connectivity index (χ1) is 11.5. The second kappa shape index (κ2) is 7.24. The Morgan fingerprint density at radius 2 is 1.92 bits per heavy atom. The highest BCUT2D eigenvalue weighted by atomic mass is 35.5. The monoisotopic (exact) mass is 344 g/mol. The summed E-state index contributed by atoms with van der Waals surface area (Å²) < 4.78 is 0. The van der Waals surface area contributed by atoms with Crippen molar-refractivity contribution in [2.45, 2.75) is 32.9 Å². The summed E-state index contributed by atoms with van der Waals surface area (Å²) in [6.45, 7) is 3.45. The Balaban J connectivity index is 1.77. The van der Waals surface area contributed by atoms with E-state index in [9.17, 15) is 10.0 Å². The van der Waals surface area contributed by atoms with Crippen molar-refractivity contribution < 1.29 is 10.0 Å². The number of carbonyl (C=O) groups excluding carboxylic acids is 1. The number of anilines is 1. The fraction of sp³-hybridized carbons (Fsp3) is 0.316. The molecule has 4 nitrogen and oxygen atoms in total. The number of amides is 1. The van der Waals surface area contributed by atoms with E-state index in [1.165, 1.54) is 23.7 Å². The van der Waals surface area contributed by atoms with E-state index in [0.717, 1.165) is 41.6 Å². The smallest absolute Gasteiger partial charge is 0.243 e. The van der Waals surface area contributed by atoms with E-state index in [-0.39, 0.29) is 12.5 Å². The lowest BCUT2D eigenvalue weighted by Crippen LogP contribution is -2.29. The number of halogens is 1. The van der Waals surface area contributed by atoms with E-state index < -0.39 is 0 Å². The Labute approximate surface area is 147 Å². The van der Waals surface area contributed by atoms with Crippen molar-refractivity contribution in [1.82, 2.24) is 5.06 Å². The van der Waals surface area contributed by atoms with Crippen molar-refractivity contribution in [3.8, 4) is 0 Å². The molecule has 1 aliphatic rings. The summed E-state index contributed by atoms with van der Waals surface area (Å²) in [5.74, 6) is -0.350. The molecule has 0 fully saturated rings. The predicted molar refractivity (Wildman–Crippen MR) is 95.3 cm³/mol. The maximum Gasteiger partial charge on any atom is 0.243 e. The van der Waals surface area contributed by atoms with Gasteiger partial charge in [-0.05, 0) is 47.7 Å². The molecule has 0 aliphatic carbocycles. The quantitative estimate of drug-likeness (QED) is 0.672. The summed E-state index contributed by atoms with van der Waals surface area (Å²) in [5, 5.41) is 11.1. The van der Waals surface area contributed by atoms with Gasteiger partial charge in [-0.3, -0.25) is 10.0 Å². The molecule has 2 aromatic carbocycles. The molecule has 3 rings (SSSR count). The highest BCUT2D eigenvalue weighted by Gasteiger charge is 2.18. The lowest BCUT2D eigenvalue weighted by Gasteiger charge is -2.32. The topological polar surface area (TPSA) is 43.8 Å². The maximum atomic E-state index is 11.2. The largest absolute Gasteiger partial charge is 0.367 e. The van der Waals surface area contributed by atoms with E-state index in [1.54, 1.807) is 0 Å². The van der Waals surface area contributed by atoms with E-state index in [2.05, 4.69) is 29.2 Å². The van der Waals surface area contributed by atoms with Gasteiger partial charge in [0, 0.05) is 30.7 Å². The maximum absolute atomic E-state index is 11.2. The van der Waals surface area contributed by atoms with Gasteiger partial charge in [-0.25, -0.2) is 5.06 Å². The summed E-state index contributed by atoms with van der Waals surface area (Å²) in [4.78, 5) is 13.5. The van der Waals surface area contributed by atoms with Crippen molar-refractivity contribution >= 4 is 23.2 Å². The Bertz CT molecular complexity index is 731. The lowest BCUT2D eigenvalue weighted by atomic mass is 9.98. The first-order valence-corrected chi connectivity index (χ1v) is 8.49. The molecule has 0 spiro atoms. The third-order valence-electron chi connectivity index (χ3n) is 4.34. The molecule has 1 N–H and O–H groups in total. The van der Waals surface area contributed by atoms with Gasteiger partial charge in [-0.2, -0.15) is 0 Å². The molecule has 0 unspecified atom stereocenters. The van der Waals surface area contributed by atoms with Gasteiger partial charge >= 0.3 is 0 Å². The predicted octanol–water partition coefficient (Wildman–Crippen LogP) is 4.03. The van der Waals surface area contributed by atoms with Crippen LogP contribution >= 0.6 is 11.6 Å². The van der Waals surface area contributed by atoms with Crippen LogP contribution < -0.4 is 4.90 Å². The average Bonchev–Trinajstić information content (AvgIpc) is 2.57. The zero-order valence-corrected chi connectivity index (χ0v) is 14.5. The minimum Gasteiger partial charge on any atom is -0.367 e. The number of benzene rings is 2. The third kappa shape index (κ3) is 3.89. The second-order valence-corrected chi connectivity index (χ2v) is 6.63. The number of nitrogens with zero attached hydrogens (tertiary/aromatic N) is 2. The minimum absolute atomic E-state index is 0.222. The van der Waals surface area contributed by atoms with Gasteiger partial charge in [0.25, 0.3) is 0 Å². The molecular weight excluding hydrogens is 324 g/mol. The first-order valence-electron chi connectivity index (χ1n) is 8.11. The van der Waals surface area contributed by atoms with E-state index in [0.29, 0.717) is 0 Å². The van der Waals surface area contributed by atoms with Crippen LogP contribution in [-0.2, 0) is 24.3 Å². The van der Waals surface area contributed by atoms with Crippen LogP contribution in [0.5, 0.6) is 0 Å². The second-order valence-electron chi connectivity index (χ2n) is 6.19. The number of carbonyl (C=O) groups is 1. The van der Waals surface area contributed by atoms with Crippen LogP contribution in [0.1, 0.15) is 30.0 Å². The van der Waals surface area contributed by atoms with Crippen molar-refractivity contribution in [3.05, 3.63) is 64.2 Å². The molecule has 1 aliphatic heterocycles. The van der Waals surface area contributed by atoms with Crippen LogP contribution in [0, 0.1) is 0 Å². The van der Waals surface area contributed by atoms with Gasteiger partial charge < -0.3 is 4.90 Å². The standard InChI is InChI=1S/C19H21ClN2O2/c1-14(23)22(24)13-16-6-9-19-17(11-16)3-2-10-21(19)12-15-4-7-18(20)8-5-15/h4-9,11,24H,2-3,10,12-13H2,1H3. The number of rotatable bonds is 4. The van der Waals surface area contributed by atoms with Crippen molar-refractivity contribution in [2.75, 3.05) is 11.4 Å². The molecular formula is C19H21ClN2O2. The Kier molecular flexibility index (Phi) is 5.07. The summed E-state index contributed by atoms with van der Waals surface area (Å²) in [5.41, 5.74) is 4.67. The number of fused-ring (bicyclic) bond motifs is 1. The minimum atomic E-state index is -0.350. The zero-order valence-electron chi connectivity index (χ0n) is 13.7. The fourth-order valence-electron chi connectivity index (χ4n) is 3.09. The van der Waals surface area contributed by atoms with Gasteiger partial charge in [0.2, 0.25) is 5.91 Å². The third-order valence-corrected chi connectivity index (χ3v) is 4.59. The Morgan fingerprint density at radius 3 is 2.62 bits per heavy atom. The first kappa shape index (κ1) is 16.8. The molecule has 0 bridgehead atoms. The highest BCUT2D eigenvalue weighted by Crippen LogP contribution is 2.30. The van der Waals surface area contributed by atoms with Crippen molar-refractivity contribution in [3.63, 3.8) is 0 Å². The van der Waals surface area contributed by atoms with Crippen LogP contribution in [0.3, 0.4) is 0 Å². The van der Waals surface area contributed by atoms with Crippen LogP contribution in [0.15, 0.2) is 42.5 Å². The number of hydroxylamine groups is 2. The number of hydrogen-bond donors (Lipinski definition) is 1. The molecule has 0 aromatic heterocycles. The molecule has 5 heteroatoms. The van der Waals surface area contributed by atoms with E-state index >= 15 is 0 Å². The van der Waals surface area contributed by atoms with Gasteiger partial charge in [0.1, 0.15) is 0 Å². The molecule has 1 amide bonds. The molecule has 0 saturated heterocycles. The van der Waals surface area contributed by atoms with Gasteiger partial charge in [-0.1, -0.05) is 35.9 Å². The summed E-state index contributed by atoms with van der Waals surface area (Å²) in [6, 6.07) is 14.1. The molecule has 0 radical (unpaired) electrons. The Hall–Kier alpha value is -2.04. The van der Waals surface area contributed by atoms with Crippen molar-refractivity contribution in [2.24, 2.45) is 0 Å². The summed E-state index contributed by atoms with van der Waals surface area (Å²) >= 11 is 5.95. The average molecular weight is 345 g/mol. The molecule has 2 aromatic rings. The van der Waals surface area contributed by atoms with Crippen molar-refractivity contribution in [1.29, 1.82) is 0 Å². The van der Waals surface area contributed by atoms with E-state index in [4.69, 9.17) is 11.6 Å². The van der Waals surface area contributed by atoms with Crippen LogP contribution in [0.2, 0.25) is 5.02 Å². The molecule has 126 valence electrons. The molecule has 24 heavy (non-hydrogen) atoms. The van der Waals surface area contributed by atoms with E-state index in [1.807, 2.05) is 18.2 Å². The Morgan fingerprint density at radius 1 is 1.21 bits per heavy atom. The summed E-state index contributed by atoms with van der Waals surface area (Å²) in [6.07, 6.45) is 2.12.